The van der Waals surface area contributed by atoms with E-state index in [4.69, 9.17) is 4.98 Å². The van der Waals surface area contributed by atoms with Crippen molar-refractivity contribution in [2.45, 2.75) is 38.4 Å². The van der Waals surface area contributed by atoms with Gasteiger partial charge in [0.05, 0.1) is 23.5 Å². The molecule has 0 amide bonds. The van der Waals surface area contributed by atoms with Crippen LogP contribution in [-0.2, 0) is 19.8 Å². The maximum Gasteiger partial charge on any atom is 0.434 e. The molecule has 0 saturated heterocycles. The summed E-state index contributed by atoms with van der Waals surface area (Å²) in [6.07, 6.45) is 1.82. The first-order valence-corrected chi connectivity index (χ1v) is 12.1. The number of aryl methyl sites for hydroxylation is 2. The summed E-state index contributed by atoms with van der Waals surface area (Å²) in [4.78, 5) is 34.9. The average Bonchev–Trinajstić information content (AvgIpc) is 3.66. The van der Waals surface area contributed by atoms with Gasteiger partial charge >= 0.3 is 6.18 Å². The van der Waals surface area contributed by atoms with Gasteiger partial charge in [0.1, 0.15) is 17.8 Å². The van der Waals surface area contributed by atoms with Crippen molar-refractivity contribution in [3.63, 3.8) is 0 Å². The monoisotopic (exact) mass is 517 g/mol. The fourth-order valence-electron chi connectivity index (χ4n) is 4.59. The predicted octanol–water partition coefficient (Wildman–Crippen LogP) is 4.90. The number of halogens is 3. The van der Waals surface area contributed by atoms with Gasteiger partial charge in [0.15, 0.2) is 11.5 Å². The van der Waals surface area contributed by atoms with Crippen LogP contribution < -0.4 is 5.56 Å². The summed E-state index contributed by atoms with van der Waals surface area (Å²) in [5, 5.41) is 0.708. The van der Waals surface area contributed by atoms with E-state index >= 15 is 0 Å². The quantitative estimate of drug-likeness (QED) is 0.329. The Labute approximate surface area is 214 Å². The summed E-state index contributed by atoms with van der Waals surface area (Å²) >= 11 is 0. The molecule has 1 fully saturated rings. The highest BCUT2D eigenvalue weighted by Crippen LogP contribution is 2.43. The second-order valence-corrected chi connectivity index (χ2v) is 9.48. The average molecular weight is 518 g/mol. The number of imidazole rings is 1. The van der Waals surface area contributed by atoms with Crippen LogP contribution in [0.4, 0.5) is 13.2 Å². The summed E-state index contributed by atoms with van der Waals surface area (Å²) in [6, 6.07) is 10.1. The van der Waals surface area contributed by atoms with E-state index in [1.165, 1.54) is 17.7 Å². The zero-order chi connectivity index (χ0) is 26.6. The molecule has 1 aromatic carbocycles. The van der Waals surface area contributed by atoms with Gasteiger partial charge in [-0.05, 0) is 31.4 Å². The Morgan fingerprint density at radius 3 is 2.45 bits per heavy atom. The first kappa shape index (κ1) is 24.0. The van der Waals surface area contributed by atoms with E-state index in [0.717, 1.165) is 41.6 Å². The maximum absolute atomic E-state index is 13.1. The van der Waals surface area contributed by atoms with Crippen molar-refractivity contribution in [3.8, 4) is 22.8 Å². The van der Waals surface area contributed by atoms with Crippen LogP contribution in [-0.4, -0.2) is 34.1 Å². The van der Waals surface area contributed by atoms with Crippen molar-refractivity contribution >= 4 is 11.0 Å². The lowest BCUT2D eigenvalue weighted by Gasteiger charge is -2.13. The van der Waals surface area contributed by atoms with Gasteiger partial charge in [-0.3, -0.25) is 9.36 Å². The molecule has 1 saturated carbocycles. The summed E-state index contributed by atoms with van der Waals surface area (Å²) < 4.78 is 42.1. The number of hydrogen-bond donors (Lipinski definition) is 0. The summed E-state index contributed by atoms with van der Waals surface area (Å²) in [5.41, 5.74) is 3.15. The van der Waals surface area contributed by atoms with Gasteiger partial charge in [-0.15, -0.1) is 0 Å². The third-order valence-corrected chi connectivity index (χ3v) is 6.70. The molecule has 1 aliphatic rings. The standard InChI is InChI=1S/C27H22F3N7O/c1-15-22(23(17-7-8-17)33-14-32-15)24-31-11-19-9-10-21(38)37(26(19)35-24)12-16-3-5-18(6-4-16)25-34-20(13-36(25)2)27(28,29)30/h3-6,9-11,13-14,17H,7-8,12H2,1-2H3. The van der Waals surface area contributed by atoms with E-state index in [9.17, 15) is 18.0 Å². The molecule has 0 N–H and O–H groups in total. The van der Waals surface area contributed by atoms with Gasteiger partial charge in [-0.2, -0.15) is 13.2 Å². The number of nitrogens with zero attached hydrogens (tertiary/aromatic N) is 7. The number of pyridine rings is 1. The van der Waals surface area contributed by atoms with Crippen LogP contribution >= 0.6 is 0 Å². The van der Waals surface area contributed by atoms with Crippen LogP contribution in [0.5, 0.6) is 0 Å². The van der Waals surface area contributed by atoms with Crippen molar-refractivity contribution in [1.82, 2.24) is 34.1 Å². The minimum absolute atomic E-state index is 0.204. The van der Waals surface area contributed by atoms with Gasteiger partial charge in [0, 0.05) is 42.4 Å². The molecule has 38 heavy (non-hydrogen) atoms. The topological polar surface area (TPSA) is 91.4 Å². The fourth-order valence-corrected chi connectivity index (χ4v) is 4.59. The number of hydrogen-bond acceptors (Lipinski definition) is 6. The number of aromatic nitrogens is 7. The van der Waals surface area contributed by atoms with Gasteiger partial charge < -0.3 is 4.57 Å². The first-order chi connectivity index (χ1) is 18.2. The molecule has 0 bridgehead atoms. The van der Waals surface area contributed by atoms with Crippen molar-refractivity contribution in [2.24, 2.45) is 7.05 Å². The highest BCUT2D eigenvalue weighted by Gasteiger charge is 2.34. The summed E-state index contributed by atoms with van der Waals surface area (Å²) in [7, 11) is 1.52. The van der Waals surface area contributed by atoms with Gasteiger partial charge in [0.2, 0.25) is 0 Å². The Morgan fingerprint density at radius 2 is 1.76 bits per heavy atom. The largest absolute Gasteiger partial charge is 0.434 e. The molecule has 1 aliphatic carbocycles. The van der Waals surface area contributed by atoms with Crippen molar-refractivity contribution in [3.05, 3.63) is 88.1 Å². The SMILES string of the molecule is Cc1ncnc(C2CC2)c1-c1ncc2ccc(=O)n(Cc3ccc(-c4nc(C(F)(F)F)cn4C)cc3)c2n1. The number of rotatable bonds is 5. The third-order valence-electron chi connectivity index (χ3n) is 6.70. The van der Waals surface area contributed by atoms with Crippen molar-refractivity contribution in [1.29, 1.82) is 0 Å². The lowest BCUT2D eigenvalue weighted by molar-refractivity contribution is -0.140. The number of fused-ring (bicyclic) bond motifs is 1. The van der Waals surface area contributed by atoms with E-state index in [-0.39, 0.29) is 17.9 Å². The molecular weight excluding hydrogens is 495 g/mol. The molecule has 4 heterocycles. The van der Waals surface area contributed by atoms with Crippen LogP contribution in [0.15, 0.2) is 59.9 Å². The summed E-state index contributed by atoms with van der Waals surface area (Å²) in [5.74, 6) is 1.05. The minimum atomic E-state index is -4.52. The first-order valence-electron chi connectivity index (χ1n) is 12.1. The van der Waals surface area contributed by atoms with Crippen LogP contribution in [0.1, 0.15) is 41.4 Å². The number of alkyl halides is 3. The molecule has 6 rings (SSSR count). The molecular formula is C27H22F3N7O. The van der Waals surface area contributed by atoms with E-state index in [2.05, 4.69) is 19.9 Å². The molecule has 192 valence electrons. The predicted molar refractivity (Wildman–Crippen MR) is 134 cm³/mol. The molecule has 0 aliphatic heterocycles. The van der Waals surface area contributed by atoms with Crippen LogP contribution in [0.2, 0.25) is 0 Å². The highest BCUT2D eigenvalue weighted by atomic mass is 19.4. The van der Waals surface area contributed by atoms with Gasteiger partial charge in [0.25, 0.3) is 5.56 Å². The van der Waals surface area contributed by atoms with Crippen LogP contribution in [0.3, 0.4) is 0 Å². The minimum Gasteiger partial charge on any atom is -0.333 e. The zero-order valence-corrected chi connectivity index (χ0v) is 20.6. The van der Waals surface area contributed by atoms with Crippen LogP contribution in [0, 0.1) is 6.92 Å². The molecule has 4 aromatic heterocycles. The van der Waals surface area contributed by atoms with E-state index in [0.29, 0.717) is 28.3 Å². The molecule has 0 unspecified atom stereocenters. The van der Waals surface area contributed by atoms with Gasteiger partial charge in [-0.25, -0.2) is 24.9 Å². The fraction of sp³-hybridized carbons (Fsp3) is 0.259. The molecule has 11 heteroatoms. The van der Waals surface area contributed by atoms with Crippen molar-refractivity contribution < 1.29 is 13.2 Å². The second kappa shape index (κ2) is 8.86. The third kappa shape index (κ3) is 4.33. The molecule has 0 radical (unpaired) electrons. The molecule has 0 spiro atoms. The Balaban J connectivity index is 1.37. The van der Waals surface area contributed by atoms with E-state index in [1.807, 2.05) is 6.92 Å². The lowest BCUT2D eigenvalue weighted by atomic mass is 10.1. The van der Waals surface area contributed by atoms with Crippen LogP contribution in [0.25, 0.3) is 33.8 Å². The molecule has 0 atom stereocenters. The number of benzene rings is 1. The summed E-state index contributed by atoms with van der Waals surface area (Å²) in [6.45, 7) is 2.12. The smallest absolute Gasteiger partial charge is 0.333 e. The highest BCUT2D eigenvalue weighted by molar-refractivity contribution is 5.77. The second-order valence-electron chi connectivity index (χ2n) is 9.48. The Kier molecular flexibility index (Phi) is 5.59. The molecule has 5 aromatic rings. The Bertz CT molecular complexity index is 1740. The van der Waals surface area contributed by atoms with Gasteiger partial charge in [-0.1, -0.05) is 24.3 Å². The maximum atomic E-state index is 13.1. The Hall–Kier alpha value is -4.41. The normalized spacial score (nSPS) is 13.8. The molecule has 8 nitrogen and oxygen atoms in total. The van der Waals surface area contributed by atoms with Crippen molar-refractivity contribution in [2.75, 3.05) is 0 Å². The van der Waals surface area contributed by atoms with E-state index < -0.39 is 11.9 Å². The zero-order valence-electron chi connectivity index (χ0n) is 20.6. The lowest BCUT2D eigenvalue weighted by Crippen LogP contribution is -2.21. The van der Waals surface area contributed by atoms with E-state index in [1.54, 1.807) is 47.4 Å². The Morgan fingerprint density at radius 1 is 1.00 bits per heavy atom.